The fraction of sp³-hybridized carbons (Fsp3) is 0.357. The van der Waals surface area contributed by atoms with Crippen molar-refractivity contribution < 1.29 is 19.0 Å². The Labute approximate surface area is 223 Å². The summed E-state index contributed by atoms with van der Waals surface area (Å²) in [7, 11) is 1.62. The predicted molar refractivity (Wildman–Crippen MR) is 149 cm³/mol. The molecule has 0 saturated heterocycles. The Bertz CT molecular complexity index is 1210. The molecule has 37 heavy (non-hydrogen) atoms. The summed E-state index contributed by atoms with van der Waals surface area (Å²) in [4.78, 5) is 21.4. The number of aromatic amines is 1. The van der Waals surface area contributed by atoms with Gasteiger partial charge in [-0.15, -0.1) is 0 Å². The van der Waals surface area contributed by atoms with Gasteiger partial charge >= 0.3 is 0 Å². The van der Waals surface area contributed by atoms with Crippen LogP contribution in [0.3, 0.4) is 0 Å². The molecule has 4 N–H and O–H groups in total. The zero-order valence-corrected chi connectivity index (χ0v) is 22.7. The van der Waals surface area contributed by atoms with Gasteiger partial charge in [0.2, 0.25) is 11.9 Å². The molecule has 0 aliphatic carbocycles. The van der Waals surface area contributed by atoms with Gasteiger partial charge in [-0.3, -0.25) is 10.1 Å². The van der Waals surface area contributed by atoms with Crippen LogP contribution in [0, 0.1) is 0 Å². The maximum atomic E-state index is 12.8. The molecule has 3 aromatic rings. The molecular formula is C28H36N4O4S. The number of anilines is 1. The summed E-state index contributed by atoms with van der Waals surface area (Å²) in [5.74, 6) is 1.91. The summed E-state index contributed by atoms with van der Waals surface area (Å²) in [5, 5.41) is 3.37. The van der Waals surface area contributed by atoms with Crippen LogP contribution < -0.4 is 20.5 Å². The molecule has 1 heterocycles. The molecule has 0 radical (unpaired) electrons. The molecule has 0 spiro atoms. The molecule has 8 nitrogen and oxygen atoms in total. The van der Waals surface area contributed by atoms with Crippen molar-refractivity contribution in [2.45, 2.75) is 44.4 Å². The van der Waals surface area contributed by atoms with Crippen LogP contribution in [-0.2, 0) is 16.0 Å². The standard InChI is InChI=1S/C28H36N4O4S/c1-6-18(3)22-10-8-20(14-26(22)37-19(4)29)15-27(33)32-28-30-17-24(31-28)23-11-9-21(35-7-2)16-25(23)36-13-12-34-5/h8-11,14,16-18H,4,6-7,12-13,15,29H2,1-3,5H3,(H2,30,31,32,33)/t18-/m0/s1. The number of nitrogens with one attached hydrogen (secondary N) is 2. The molecule has 1 atom stereocenters. The number of H-pyrrole nitrogens is 1. The summed E-state index contributed by atoms with van der Waals surface area (Å²) in [5.41, 5.74) is 9.47. The molecule has 1 amide bonds. The van der Waals surface area contributed by atoms with Gasteiger partial charge in [0, 0.05) is 23.6 Å². The number of nitrogens with two attached hydrogens (primary N) is 1. The number of amides is 1. The van der Waals surface area contributed by atoms with E-state index in [2.05, 4.69) is 41.8 Å². The van der Waals surface area contributed by atoms with Crippen molar-refractivity contribution in [3.63, 3.8) is 0 Å². The van der Waals surface area contributed by atoms with Crippen LogP contribution in [-0.4, -0.2) is 42.8 Å². The van der Waals surface area contributed by atoms with Gasteiger partial charge in [-0.1, -0.05) is 44.3 Å². The molecule has 0 bridgehead atoms. The van der Waals surface area contributed by atoms with Crippen molar-refractivity contribution in [1.29, 1.82) is 0 Å². The van der Waals surface area contributed by atoms with Gasteiger partial charge in [0.05, 0.1) is 36.6 Å². The smallest absolute Gasteiger partial charge is 0.231 e. The number of hydrogen-bond acceptors (Lipinski definition) is 7. The van der Waals surface area contributed by atoms with E-state index in [4.69, 9.17) is 19.9 Å². The Morgan fingerprint density at radius 1 is 1.19 bits per heavy atom. The number of rotatable bonds is 14. The summed E-state index contributed by atoms with van der Waals surface area (Å²) in [6.07, 6.45) is 2.88. The molecule has 3 rings (SSSR count). The number of carbonyl (C=O) groups excluding carboxylic acids is 1. The molecule has 0 unspecified atom stereocenters. The summed E-state index contributed by atoms with van der Waals surface area (Å²) < 4.78 is 16.6. The van der Waals surface area contributed by atoms with E-state index in [-0.39, 0.29) is 12.3 Å². The Hall–Kier alpha value is -3.43. The van der Waals surface area contributed by atoms with Crippen LogP contribution in [0.5, 0.6) is 11.5 Å². The number of aromatic nitrogens is 2. The number of benzene rings is 2. The van der Waals surface area contributed by atoms with Crippen LogP contribution in [0.4, 0.5) is 5.95 Å². The first kappa shape index (κ1) is 28.1. The highest BCUT2D eigenvalue weighted by atomic mass is 32.2. The van der Waals surface area contributed by atoms with Gasteiger partial charge in [-0.25, -0.2) is 4.98 Å². The van der Waals surface area contributed by atoms with E-state index < -0.39 is 0 Å². The van der Waals surface area contributed by atoms with Gasteiger partial charge in [-0.05, 0) is 48.6 Å². The van der Waals surface area contributed by atoms with Crippen molar-refractivity contribution >= 4 is 23.6 Å². The second-order valence-corrected chi connectivity index (χ2v) is 9.72. The molecule has 0 aliphatic rings. The molecule has 9 heteroatoms. The zero-order chi connectivity index (χ0) is 26.8. The van der Waals surface area contributed by atoms with Crippen molar-refractivity contribution in [3.8, 4) is 22.8 Å². The SMILES string of the molecule is C=C(N)Sc1cc(CC(=O)Nc2ncc(-c3ccc(OCC)cc3OCCOC)[nH]2)ccc1[C@@H](C)CC. The second-order valence-electron chi connectivity index (χ2n) is 8.55. The van der Waals surface area contributed by atoms with Crippen molar-refractivity contribution in [3.05, 3.63) is 65.3 Å². The molecule has 2 aromatic carbocycles. The maximum absolute atomic E-state index is 12.8. The van der Waals surface area contributed by atoms with Crippen molar-refractivity contribution in [2.24, 2.45) is 5.73 Å². The minimum atomic E-state index is -0.178. The zero-order valence-electron chi connectivity index (χ0n) is 21.9. The number of thioether (sulfide) groups is 1. The van der Waals surface area contributed by atoms with Crippen molar-refractivity contribution in [2.75, 3.05) is 32.2 Å². The van der Waals surface area contributed by atoms with Crippen molar-refractivity contribution in [1.82, 2.24) is 9.97 Å². The fourth-order valence-electron chi connectivity index (χ4n) is 3.76. The largest absolute Gasteiger partial charge is 0.494 e. The van der Waals surface area contributed by atoms with E-state index >= 15 is 0 Å². The molecule has 0 aliphatic heterocycles. The average Bonchev–Trinajstić information content (AvgIpc) is 3.32. The first-order valence-corrected chi connectivity index (χ1v) is 13.1. The molecule has 1 aromatic heterocycles. The first-order valence-electron chi connectivity index (χ1n) is 12.3. The average molecular weight is 525 g/mol. The van der Waals surface area contributed by atoms with E-state index in [1.165, 1.54) is 17.3 Å². The number of ether oxygens (including phenoxy) is 3. The monoisotopic (exact) mass is 524 g/mol. The van der Waals surface area contributed by atoms with Crippen LogP contribution in [0.15, 0.2) is 59.1 Å². The Morgan fingerprint density at radius 2 is 2.00 bits per heavy atom. The number of hydrogen-bond donors (Lipinski definition) is 3. The van der Waals surface area contributed by atoms with Crippen LogP contribution in [0.2, 0.25) is 0 Å². The Balaban J connectivity index is 1.73. The van der Waals surface area contributed by atoms with Crippen LogP contribution in [0.25, 0.3) is 11.3 Å². The van der Waals surface area contributed by atoms with Gasteiger partial charge in [0.25, 0.3) is 0 Å². The minimum absolute atomic E-state index is 0.178. The lowest BCUT2D eigenvalue weighted by Crippen LogP contribution is -2.15. The highest BCUT2D eigenvalue weighted by Gasteiger charge is 2.15. The number of imidazole rings is 1. The summed E-state index contributed by atoms with van der Waals surface area (Å²) in [6, 6.07) is 11.7. The molecule has 0 fully saturated rings. The highest BCUT2D eigenvalue weighted by Crippen LogP contribution is 2.34. The number of methoxy groups -OCH3 is 1. The highest BCUT2D eigenvalue weighted by molar-refractivity contribution is 8.03. The van der Waals surface area contributed by atoms with E-state index in [1.54, 1.807) is 13.3 Å². The lowest BCUT2D eigenvalue weighted by Gasteiger charge is -2.16. The minimum Gasteiger partial charge on any atom is -0.494 e. The fourth-order valence-corrected chi connectivity index (χ4v) is 4.64. The topological polar surface area (TPSA) is 111 Å². The number of carbonyl (C=O) groups is 1. The van der Waals surface area contributed by atoms with E-state index in [9.17, 15) is 4.79 Å². The summed E-state index contributed by atoms with van der Waals surface area (Å²) in [6.45, 7) is 11.5. The lowest BCUT2D eigenvalue weighted by molar-refractivity contribution is -0.115. The van der Waals surface area contributed by atoms with Gasteiger partial charge in [-0.2, -0.15) is 0 Å². The van der Waals surface area contributed by atoms with Gasteiger partial charge in [0.1, 0.15) is 18.1 Å². The van der Waals surface area contributed by atoms with Crippen LogP contribution in [0.1, 0.15) is 44.2 Å². The summed E-state index contributed by atoms with van der Waals surface area (Å²) >= 11 is 1.43. The Morgan fingerprint density at radius 3 is 2.70 bits per heavy atom. The van der Waals surface area contributed by atoms with Crippen LogP contribution >= 0.6 is 11.8 Å². The van der Waals surface area contributed by atoms with Gasteiger partial charge < -0.3 is 24.9 Å². The van der Waals surface area contributed by atoms with E-state index in [0.717, 1.165) is 22.4 Å². The van der Waals surface area contributed by atoms with E-state index in [1.807, 2.05) is 37.3 Å². The lowest BCUT2D eigenvalue weighted by atomic mass is 9.97. The second kappa shape index (κ2) is 13.8. The quantitative estimate of drug-likeness (QED) is 0.183. The third-order valence-corrected chi connectivity index (χ3v) is 6.60. The van der Waals surface area contributed by atoms with E-state index in [0.29, 0.717) is 53.9 Å². The predicted octanol–water partition coefficient (Wildman–Crippen LogP) is 5.72. The normalized spacial score (nSPS) is 11.7. The third-order valence-electron chi connectivity index (χ3n) is 5.76. The van der Waals surface area contributed by atoms with Gasteiger partial charge in [0.15, 0.2) is 0 Å². The first-order chi connectivity index (χ1) is 17.8. The maximum Gasteiger partial charge on any atom is 0.231 e. The molecule has 0 saturated carbocycles. The third kappa shape index (κ3) is 8.03. The molecular weight excluding hydrogens is 488 g/mol. The molecule has 198 valence electrons. The number of nitrogens with zero attached hydrogens (tertiary/aromatic N) is 1. The Kier molecular flexibility index (Phi) is 10.5.